The molecule has 5 nitrogen and oxygen atoms in total. The fraction of sp³-hybridized carbons (Fsp3) is 0.800. The molecule has 1 aliphatic heterocycles. The van der Waals surface area contributed by atoms with Crippen LogP contribution >= 0.6 is 0 Å². The lowest BCUT2D eigenvalue weighted by atomic mass is 10.3. The lowest BCUT2D eigenvalue weighted by Gasteiger charge is -2.11. The normalized spacial score (nSPS) is 32.1. The van der Waals surface area contributed by atoms with E-state index in [1.54, 1.807) is 0 Å². The Labute approximate surface area is 58.2 Å². The molecular weight excluding hydrogens is 136 g/mol. The standard InChI is InChI=1S/C5H10N2O3/c6-5(9)10-4-2-7-1-3(4)8/h3-4,7-8H,1-2H2,(H2,6,9)/t3-,4+/m0/s1. The second-order valence-electron chi connectivity index (χ2n) is 2.20. The van der Waals surface area contributed by atoms with Gasteiger partial charge in [0, 0.05) is 13.1 Å². The lowest BCUT2D eigenvalue weighted by Crippen LogP contribution is -2.31. The Morgan fingerprint density at radius 3 is 2.80 bits per heavy atom. The van der Waals surface area contributed by atoms with Crippen LogP contribution in [0.2, 0.25) is 0 Å². The molecule has 0 aromatic rings. The van der Waals surface area contributed by atoms with E-state index in [0.29, 0.717) is 13.1 Å². The van der Waals surface area contributed by atoms with Crippen molar-refractivity contribution in [3.8, 4) is 0 Å². The van der Waals surface area contributed by atoms with E-state index in [4.69, 9.17) is 10.8 Å². The van der Waals surface area contributed by atoms with E-state index in [2.05, 4.69) is 10.1 Å². The van der Waals surface area contributed by atoms with Crippen molar-refractivity contribution in [3.05, 3.63) is 0 Å². The highest BCUT2D eigenvalue weighted by Crippen LogP contribution is 2.03. The molecule has 0 aromatic carbocycles. The third-order valence-corrected chi connectivity index (χ3v) is 1.40. The SMILES string of the molecule is NC(=O)O[C@@H]1CNC[C@@H]1O. The molecule has 1 saturated heterocycles. The van der Waals surface area contributed by atoms with Crippen LogP contribution in [0, 0.1) is 0 Å². The zero-order valence-corrected chi connectivity index (χ0v) is 5.41. The monoisotopic (exact) mass is 146 g/mol. The first-order valence-electron chi connectivity index (χ1n) is 3.05. The van der Waals surface area contributed by atoms with E-state index in [-0.39, 0.29) is 0 Å². The van der Waals surface area contributed by atoms with Crippen LogP contribution < -0.4 is 11.1 Å². The topological polar surface area (TPSA) is 84.6 Å². The number of nitrogens with two attached hydrogens (primary N) is 1. The van der Waals surface area contributed by atoms with Gasteiger partial charge in [-0.15, -0.1) is 0 Å². The number of β-amino-alcohol motifs (C(OH)–C–C–N with tert-alkyl or cyclic N) is 1. The first kappa shape index (κ1) is 7.30. The van der Waals surface area contributed by atoms with E-state index in [1.807, 2.05) is 0 Å². The minimum Gasteiger partial charge on any atom is -0.442 e. The van der Waals surface area contributed by atoms with Crippen LogP contribution in [0.4, 0.5) is 4.79 Å². The van der Waals surface area contributed by atoms with E-state index in [1.165, 1.54) is 0 Å². The zero-order valence-electron chi connectivity index (χ0n) is 5.41. The van der Waals surface area contributed by atoms with Crippen LogP contribution in [0.5, 0.6) is 0 Å². The van der Waals surface area contributed by atoms with Crippen molar-refractivity contribution < 1.29 is 14.6 Å². The number of aliphatic hydroxyl groups excluding tert-OH is 1. The van der Waals surface area contributed by atoms with Crippen molar-refractivity contribution in [2.24, 2.45) is 5.73 Å². The van der Waals surface area contributed by atoms with Crippen molar-refractivity contribution in [1.29, 1.82) is 0 Å². The van der Waals surface area contributed by atoms with Gasteiger partial charge in [-0.25, -0.2) is 4.79 Å². The van der Waals surface area contributed by atoms with Crippen LogP contribution in [-0.2, 0) is 4.74 Å². The molecule has 0 aromatic heterocycles. The van der Waals surface area contributed by atoms with Crippen molar-refractivity contribution in [3.63, 3.8) is 0 Å². The Morgan fingerprint density at radius 2 is 2.40 bits per heavy atom. The van der Waals surface area contributed by atoms with Gasteiger partial charge in [0.15, 0.2) is 0 Å². The molecule has 0 unspecified atom stereocenters. The lowest BCUT2D eigenvalue weighted by molar-refractivity contribution is 0.0376. The van der Waals surface area contributed by atoms with Crippen LogP contribution in [0.1, 0.15) is 0 Å². The van der Waals surface area contributed by atoms with Gasteiger partial charge in [0.1, 0.15) is 12.2 Å². The Hall–Kier alpha value is -0.810. The van der Waals surface area contributed by atoms with Gasteiger partial charge in [-0.2, -0.15) is 0 Å². The summed E-state index contributed by atoms with van der Waals surface area (Å²) in [6.07, 6.45) is -1.93. The molecule has 0 saturated carbocycles. The average molecular weight is 146 g/mol. The molecule has 0 spiro atoms. The second kappa shape index (κ2) is 2.85. The summed E-state index contributed by atoms with van der Waals surface area (Å²) in [5.41, 5.74) is 4.73. The van der Waals surface area contributed by atoms with Crippen LogP contribution in [0.3, 0.4) is 0 Å². The quantitative estimate of drug-likeness (QED) is 0.416. The number of carbonyl (C=O) groups excluding carboxylic acids is 1. The second-order valence-corrected chi connectivity index (χ2v) is 2.20. The predicted octanol–water partition coefficient (Wildman–Crippen LogP) is -1.59. The average Bonchev–Trinajstić information content (AvgIpc) is 2.15. The molecule has 1 heterocycles. The Balaban J connectivity index is 2.33. The molecule has 2 atom stereocenters. The maximum absolute atomic E-state index is 10.2. The number of carbonyl (C=O) groups is 1. The number of amides is 1. The number of hydrogen-bond acceptors (Lipinski definition) is 4. The van der Waals surface area contributed by atoms with Gasteiger partial charge >= 0.3 is 6.09 Å². The van der Waals surface area contributed by atoms with Gasteiger partial charge in [-0.05, 0) is 0 Å². The number of ether oxygens (including phenoxy) is 1. The molecule has 0 aliphatic carbocycles. The van der Waals surface area contributed by atoms with Gasteiger partial charge in [0.05, 0.1) is 0 Å². The summed E-state index contributed by atoms with van der Waals surface area (Å²) < 4.78 is 4.55. The van der Waals surface area contributed by atoms with Crippen molar-refractivity contribution >= 4 is 6.09 Å². The smallest absolute Gasteiger partial charge is 0.404 e. The molecule has 5 heteroatoms. The highest BCUT2D eigenvalue weighted by molar-refractivity contribution is 5.64. The van der Waals surface area contributed by atoms with Crippen molar-refractivity contribution in [1.82, 2.24) is 5.32 Å². The van der Waals surface area contributed by atoms with Gasteiger partial charge in [-0.3, -0.25) is 0 Å². The van der Waals surface area contributed by atoms with Crippen LogP contribution in [-0.4, -0.2) is 36.5 Å². The Bertz CT molecular complexity index is 139. The van der Waals surface area contributed by atoms with E-state index in [0.717, 1.165) is 0 Å². The highest BCUT2D eigenvalue weighted by atomic mass is 16.6. The van der Waals surface area contributed by atoms with Crippen molar-refractivity contribution in [2.45, 2.75) is 12.2 Å². The fourth-order valence-corrected chi connectivity index (χ4v) is 0.910. The summed E-state index contributed by atoms with van der Waals surface area (Å²) >= 11 is 0. The molecule has 1 fully saturated rings. The number of aliphatic hydroxyl groups is 1. The summed E-state index contributed by atoms with van der Waals surface area (Å²) in [6.45, 7) is 0.933. The summed E-state index contributed by atoms with van der Waals surface area (Å²) in [5.74, 6) is 0. The molecule has 0 bridgehead atoms. The first-order valence-corrected chi connectivity index (χ1v) is 3.05. The Morgan fingerprint density at radius 1 is 1.70 bits per heavy atom. The highest BCUT2D eigenvalue weighted by Gasteiger charge is 2.27. The summed E-state index contributed by atoms with van der Waals surface area (Å²) in [6, 6.07) is 0. The van der Waals surface area contributed by atoms with Gasteiger partial charge in [0.2, 0.25) is 0 Å². The fourth-order valence-electron chi connectivity index (χ4n) is 0.910. The summed E-state index contributed by atoms with van der Waals surface area (Å²) in [4.78, 5) is 10.2. The zero-order chi connectivity index (χ0) is 7.56. The minimum atomic E-state index is -0.840. The summed E-state index contributed by atoms with van der Waals surface area (Å²) in [5, 5.41) is 11.9. The summed E-state index contributed by atoms with van der Waals surface area (Å²) in [7, 11) is 0. The van der Waals surface area contributed by atoms with Gasteiger partial charge in [-0.1, -0.05) is 0 Å². The molecule has 58 valence electrons. The number of rotatable bonds is 1. The van der Waals surface area contributed by atoms with Crippen LogP contribution in [0.25, 0.3) is 0 Å². The predicted molar refractivity (Wildman–Crippen MR) is 33.3 cm³/mol. The third-order valence-electron chi connectivity index (χ3n) is 1.40. The largest absolute Gasteiger partial charge is 0.442 e. The minimum absolute atomic E-state index is 0.456. The molecule has 1 amide bonds. The molecule has 1 aliphatic rings. The maximum atomic E-state index is 10.2. The molecule has 4 N–H and O–H groups in total. The number of nitrogens with one attached hydrogen (secondary N) is 1. The Kier molecular flexibility index (Phi) is 2.08. The number of hydrogen-bond donors (Lipinski definition) is 3. The molecular formula is C5H10N2O3. The van der Waals surface area contributed by atoms with E-state index < -0.39 is 18.3 Å². The van der Waals surface area contributed by atoms with Gasteiger partial charge < -0.3 is 20.9 Å². The molecule has 0 radical (unpaired) electrons. The molecule has 1 rings (SSSR count). The molecule has 10 heavy (non-hydrogen) atoms. The van der Waals surface area contributed by atoms with Crippen LogP contribution in [0.15, 0.2) is 0 Å². The van der Waals surface area contributed by atoms with E-state index in [9.17, 15) is 4.79 Å². The van der Waals surface area contributed by atoms with Gasteiger partial charge in [0.25, 0.3) is 0 Å². The first-order chi connectivity index (χ1) is 4.70. The maximum Gasteiger partial charge on any atom is 0.404 e. The number of primary amides is 1. The third kappa shape index (κ3) is 1.58. The van der Waals surface area contributed by atoms with E-state index >= 15 is 0 Å². The van der Waals surface area contributed by atoms with Crippen molar-refractivity contribution in [2.75, 3.05) is 13.1 Å².